The Morgan fingerprint density at radius 2 is 2.00 bits per heavy atom. The minimum atomic E-state index is 0.504. The highest BCUT2D eigenvalue weighted by molar-refractivity contribution is 7.15. The van der Waals surface area contributed by atoms with Gasteiger partial charge in [0.15, 0.2) is 0 Å². The third-order valence-corrected chi connectivity index (χ3v) is 4.07. The van der Waals surface area contributed by atoms with Crippen molar-refractivity contribution < 1.29 is 0 Å². The Morgan fingerprint density at radius 3 is 2.75 bits per heavy atom. The van der Waals surface area contributed by atoms with Crippen molar-refractivity contribution in [3.05, 3.63) is 40.4 Å². The summed E-state index contributed by atoms with van der Waals surface area (Å²) in [4.78, 5) is 0. The number of nitrogens with two attached hydrogens (primary N) is 1. The van der Waals surface area contributed by atoms with Gasteiger partial charge in [0.25, 0.3) is 0 Å². The summed E-state index contributed by atoms with van der Waals surface area (Å²) in [5.74, 6) is 0.504. The summed E-state index contributed by atoms with van der Waals surface area (Å²) in [6.45, 7) is 0. The molecule has 1 atom stereocenters. The summed E-state index contributed by atoms with van der Waals surface area (Å²) >= 11 is 1.52. The van der Waals surface area contributed by atoms with Crippen molar-refractivity contribution in [2.45, 2.75) is 25.2 Å². The standard InChI is InChI=1S/C12H13N3S/c13-12-15-14-11(16-12)10-6-5-8-3-1-2-4-9(8)7-10/h1-4,10H,5-7H2,(H2,13,15). The molecular formula is C12H13N3S. The fourth-order valence-corrected chi connectivity index (χ4v) is 3.07. The number of hydrogen-bond donors (Lipinski definition) is 1. The van der Waals surface area contributed by atoms with E-state index in [0.29, 0.717) is 11.0 Å². The molecule has 3 rings (SSSR count). The van der Waals surface area contributed by atoms with Gasteiger partial charge in [-0.1, -0.05) is 35.6 Å². The van der Waals surface area contributed by atoms with Crippen molar-refractivity contribution in [2.24, 2.45) is 0 Å². The van der Waals surface area contributed by atoms with Crippen molar-refractivity contribution in [2.75, 3.05) is 5.73 Å². The Kier molecular flexibility index (Phi) is 2.36. The predicted octanol–water partition coefficient (Wildman–Crippen LogP) is 2.39. The van der Waals surface area contributed by atoms with E-state index in [2.05, 4.69) is 34.5 Å². The molecule has 82 valence electrons. The largest absolute Gasteiger partial charge is 0.374 e. The lowest BCUT2D eigenvalue weighted by atomic mass is 9.84. The quantitative estimate of drug-likeness (QED) is 0.820. The van der Waals surface area contributed by atoms with E-state index in [1.807, 2.05) is 0 Å². The molecule has 0 fully saturated rings. The molecule has 0 aliphatic heterocycles. The summed E-state index contributed by atoms with van der Waals surface area (Å²) in [5, 5.41) is 9.72. The number of fused-ring (bicyclic) bond motifs is 1. The summed E-state index contributed by atoms with van der Waals surface area (Å²) in [7, 11) is 0. The Hall–Kier alpha value is -1.42. The average Bonchev–Trinajstić information content (AvgIpc) is 2.75. The van der Waals surface area contributed by atoms with Gasteiger partial charge in [0.2, 0.25) is 5.13 Å². The van der Waals surface area contributed by atoms with Crippen LogP contribution in [0.3, 0.4) is 0 Å². The zero-order valence-corrected chi connectivity index (χ0v) is 9.70. The van der Waals surface area contributed by atoms with Crippen molar-refractivity contribution in [1.82, 2.24) is 10.2 Å². The molecule has 0 radical (unpaired) electrons. The number of aromatic nitrogens is 2. The second-order valence-corrected chi connectivity index (χ2v) is 5.23. The van der Waals surface area contributed by atoms with E-state index in [1.165, 1.54) is 22.5 Å². The first-order valence-electron chi connectivity index (χ1n) is 5.48. The van der Waals surface area contributed by atoms with Gasteiger partial charge in [-0.05, 0) is 30.4 Å². The SMILES string of the molecule is Nc1nnc(C2CCc3ccccc3C2)s1. The second kappa shape index (κ2) is 3.87. The molecule has 1 heterocycles. The number of hydrogen-bond acceptors (Lipinski definition) is 4. The van der Waals surface area contributed by atoms with Crippen LogP contribution in [0.15, 0.2) is 24.3 Å². The minimum Gasteiger partial charge on any atom is -0.374 e. The molecule has 0 spiro atoms. The third-order valence-electron chi connectivity index (χ3n) is 3.15. The van der Waals surface area contributed by atoms with Crippen LogP contribution in [0, 0.1) is 0 Å². The van der Waals surface area contributed by atoms with E-state index in [0.717, 1.165) is 24.3 Å². The van der Waals surface area contributed by atoms with E-state index in [9.17, 15) is 0 Å². The molecule has 2 aromatic rings. The first-order chi connectivity index (χ1) is 7.83. The van der Waals surface area contributed by atoms with Gasteiger partial charge in [-0.3, -0.25) is 0 Å². The van der Waals surface area contributed by atoms with Crippen molar-refractivity contribution in [1.29, 1.82) is 0 Å². The number of benzene rings is 1. The van der Waals surface area contributed by atoms with E-state index < -0.39 is 0 Å². The molecule has 3 nitrogen and oxygen atoms in total. The molecule has 1 aromatic carbocycles. The fourth-order valence-electron chi connectivity index (χ4n) is 2.32. The predicted molar refractivity (Wildman–Crippen MR) is 65.5 cm³/mol. The Bertz CT molecular complexity index is 506. The van der Waals surface area contributed by atoms with Crippen LogP contribution in [-0.2, 0) is 12.8 Å². The third kappa shape index (κ3) is 1.69. The molecular weight excluding hydrogens is 218 g/mol. The topological polar surface area (TPSA) is 51.8 Å². The Morgan fingerprint density at radius 1 is 1.19 bits per heavy atom. The lowest BCUT2D eigenvalue weighted by molar-refractivity contribution is 0.577. The number of nitrogen functional groups attached to an aromatic ring is 1. The van der Waals surface area contributed by atoms with Crippen molar-refractivity contribution in [3.63, 3.8) is 0 Å². The van der Waals surface area contributed by atoms with Gasteiger partial charge in [-0.2, -0.15) is 0 Å². The number of nitrogens with zero attached hydrogens (tertiary/aromatic N) is 2. The van der Waals surface area contributed by atoms with Gasteiger partial charge >= 0.3 is 0 Å². The maximum Gasteiger partial charge on any atom is 0.203 e. The van der Waals surface area contributed by atoms with Crippen LogP contribution in [0.5, 0.6) is 0 Å². The molecule has 1 aliphatic carbocycles. The van der Waals surface area contributed by atoms with Crippen molar-refractivity contribution >= 4 is 16.5 Å². The van der Waals surface area contributed by atoms with Crippen LogP contribution in [0.4, 0.5) is 5.13 Å². The van der Waals surface area contributed by atoms with Gasteiger partial charge in [-0.25, -0.2) is 0 Å². The molecule has 0 saturated heterocycles. The van der Waals surface area contributed by atoms with Crippen molar-refractivity contribution in [3.8, 4) is 0 Å². The van der Waals surface area contributed by atoms with Crippen LogP contribution in [-0.4, -0.2) is 10.2 Å². The van der Waals surface area contributed by atoms with E-state index in [4.69, 9.17) is 5.73 Å². The van der Waals surface area contributed by atoms with Crippen LogP contribution >= 0.6 is 11.3 Å². The lowest BCUT2D eigenvalue weighted by Crippen LogP contribution is -2.12. The van der Waals surface area contributed by atoms with Crippen LogP contribution < -0.4 is 5.73 Å². The molecule has 1 unspecified atom stereocenters. The van der Waals surface area contributed by atoms with E-state index >= 15 is 0 Å². The average molecular weight is 231 g/mol. The zero-order valence-electron chi connectivity index (χ0n) is 8.89. The molecule has 0 bridgehead atoms. The number of rotatable bonds is 1. The monoisotopic (exact) mass is 231 g/mol. The van der Waals surface area contributed by atoms with E-state index in [1.54, 1.807) is 0 Å². The highest BCUT2D eigenvalue weighted by atomic mass is 32.1. The minimum absolute atomic E-state index is 0.504. The summed E-state index contributed by atoms with van der Waals surface area (Å²) in [6, 6.07) is 8.66. The zero-order chi connectivity index (χ0) is 11.0. The van der Waals surface area contributed by atoms with Gasteiger partial charge < -0.3 is 5.73 Å². The molecule has 4 heteroatoms. The lowest BCUT2D eigenvalue weighted by Gasteiger charge is -2.22. The summed E-state index contributed by atoms with van der Waals surface area (Å²) in [5.41, 5.74) is 8.56. The Labute approximate surface area is 98.3 Å². The second-order valence-electron chi connectivity index (χ2n) is 4.19. The van der Waals surface area contributed by atoms with Crippen LogP contribution in [0.25, 0.3) is 0 Å². The van der Waals surface area contributed by atoms with Crippen LogP contribution in [0.1, 0.15) is 28.5 Å². The van der Waals surface area contributed by atoms with Gasteiger partial charge in [0.1, 0.15) is 5.01 Å². The van der Waals surface area contributed by atoms with Gasteiger partial charge in [0.05, 0.1) is 0 Å². The Balaban J connectivity index is 1.88. The van der Waals surface area contributed by atoms with E-state index in [-0.39, 0.29) is 0 Å². The maximum absolute atomic E-state index is 5.62. The summed E-state index contributed by atoms with van der Waals surface area (Å²) in [6.07, 6.45) is 3.37. The van der Waals surface area contributed by atoms with Gasteiger partial charge in [-0.15, -0.1) is 10.2 Å². The summed E-state index contributed by atoms with van der Waals surface area (Å²) < 4.78 is 0. The number of anilines is 1. The maximum atomic E-state index is 5.62. The molecule has 1 aromatic heterocycles. The first kappa shape index (κ1) is 9.78. The molecule has 1 aliphatic rings. The molecule has 16 heavy (non-hydrogen) atoms. The smallest absolute Gasteiger partial charge is 0.203 e. The highest BCUT2D eigenvalue weighted by Gasteiger charge is 2.22. The molecule has 0 saturated carbocycles. The number of aryl methyl sites for hydroxylation is 1. The normalized spacial score (nSPS) is 19.4. The molecule has 2 N–H and O–H groups in total. The first-order valence-corrected chi connectivity index (χ1v) is 6.30. The highest BCUT2D eigenvalue weighted by Crippen LogP contribution is 2.34. The molecule has 0 amide bonds. The van der Waals surface area contributed by atoms with Crippen LogP contribution in [0.2, 0.25) is 0 Å². The van der Waals surface area contributed by atoms with Gasteiger partial charge in [0, 0.05) is 5.92 Å². The fraction of sp³-hybridized carbons (Fsp3) is 0.333.